The third-order valence-corrected chi connectivity index (χ3v) is 4.12. The molecule has 0 spiro atoms. The van der Waals surface area contributed by atoms with Crippen molar-refractivity contribution in [3.63, 3.8) is 0 Å². The number of alkyl halides is 2. The van der Waals surface area contributed by atoms with Gasteiger partial charge in [-0.15, -0.1) is 0 Å². The minimum atomic E-state index is -2.77. The zero-order chi connectivity index (χ0) is 15.0. The Morgan fingerprint density at radius 2 is 1.85 bits per heavy atom. The summed E-state index contributed by atoms with van der Waals surface area (Å²) in [7, 11) is 1.46. The van der Waals surface area contributed by atoms with Gasteiger partial charge in [0.25, 0.3) is 0 Å². The molecule has 110 valence electrons. The molecule has 1 aliphatic carbocycles. The van der Waals surface area contributed by atoms with Gasteiger partial charge in [0.2, 0.25) is 5.92 Å². The van der Waals surface area contributed by atoms with Gasteiger partial charge in [-0.1, -0.05) is 12.1 Å². The van der Waals surface area contributed by atoms with Crippen LogP contribution in [0.1, 0.15) is 36.8 Å². The molecule has 0 amide bonds. The molecule has 20 heavy (non-hydrogen) atoms. The van der Waals surface area contributed by atoms with E-state index in [1.54, 1.807) is 18.2 Å². The molecule has 1 aromatic carbocycles. The molecule has 0 atom stereocenters. The van der Waals surface area contributed by atoms with Crippen molar-refractivity contribution in [2.45, 2.75) is 43.9 Å². The number of hydrogen-bond donors (Lipinski definition) is 1. The van der Waals surface area contributed by atoms with E-state index in [1.807, 2.05) is 6.92 Å². The molecule has 2 rings (SSSR count). The highest BCUT2D eigenvalue weighted by Gasteiger charge is 2.50. The van der Waals surface area contributed by atoms with Crippen LogP contribution in [0.2, 0.25) is 0 Å². The lowest BCUT2D eigenvalue weighted by molar-refractivity contribution is -0.149. The average Bonchev–Trinajstić information content (AvgIpc) is 2.39. The van der Waals surface area contributed by atoms with Crippen molar-refractivity contribution in [3.8, 4) is 5.75 Å². The van der Waals surface area contributed by atoms with Crippen LogP contribution in [0.3, 0.4) is 0 Å². The minimum absolute atomic E-state index is 0.0746. The summed E-state index contributed by atoms with van der Waals surface area (Å²) in [5.74, 6) is -3.37. The Balaban J connectivity index is 2.47. The molecule has 1 N–H and O–H groups in total. The van der Waals surface area contributed by atoms with Crippen molar-refractivity contribution < 1.29 is 23.4 Å². The van der Waals surface area contributed by atoms with Gasteiger partial charge in [0.15, 0.2) is 0 Å². The summed E-state index contributed by atoms with van der Waals surface area (Å²) in [5.41, 5.74) is 0.154. The first-order chi connectivity index (χ1) is 9.31. The number of aryl methyl sites for hydroxylation is 1. The molecule has 1 saturated carbocycles. The summed E-state index contributed by atoms with van der Waals surface area (Å²) in [5, 5.41) is 9.60. The molecule has 0 heterocycles. The Morgan fingerprint density at radius 3 is 2.35 bits per heavy atom. The van der Waals surface area contributed by atoms with Crippen LogP contribution in [0.25, 0.3) is 0 Å². The van der Waals surface area contributed by atoms with E-state index in [4.69, 9.17) is 4.74 Å². The lowest BCUT2D eigenvalue weighted by atomic mass is 9.68. The number of ether oxygens (including phenoxy) is 1. The quantitative estimate of drug-likeness (QED) is 0.923. The van der Waals surface area contributed by atoms with Crippen LogP contribution < -0.4 is 4.74 Å². The van der Waals surface area contributed by atoms with Gasteiger partial charge in [0.05, 0.1) is 12.5 Å². The van der Waals surface area contributed by atoms with E-state index >= 15 is 0 Å². The van der Waals surface area contributed by atoms with E-state index in [1.165, 1.54) is 7.11 Å². The van der Waals surface area contributed by atoms with Crippen LogP contribution in [0.5, 0.6) is 5.75 Å². The van der Waals surface area contributed by atoms with Crippen molar-refractivity contribution in [1.82, 2.24) is 0 Å². The van der Waals surface area contributed by atoms with Crippen molar-refractivity contribution in [2.75, 3.05) is 7.11 Å². The summed E-state index contributed by atoms with van der Waals surface area (Å²) < 4.78 is 32.0. The predicted octanol–water partition coefficient (Wildman–Crippen LogP) is 3.54. The molecule has 3 nitrogen and oxygen atoms in total. The lowest BCUT2D eigenvalue weighted by Gasteiger charge is -2.37. The molecule has 1 aromatic rings. The van der Waals surface area contributed by atoms with Crippen LogP contribution in [-0.2, 0) is 10.2 Å². The van der Waals surface area contributed by atoms with E-state index in [-0.39, 0.29) is 12.8 Å². The normalized spacial score (nSPS) is 20.4. The first kappa shape index (κ1) is 14.8. The molecule has 1 fully saturated rings. The second-order valence-corrected chi connectivity index (χ2v) is 5.45. The zero-order valence-corrected chi connectivity index (χ0v) is 11.6. The number of carbonyl (C=O) groups is 1. The Hall–Kier alpha value is -1.65. The maximum atomic E-state index is 13.3. The summed E-state index contributed by atoms with van der Waals surface area (Å²) in [6.45, 7) is 1.87. The highest BCUT2D eigenvalue weighted by molar-refractivity contribution is 5.82. The summed E-state index contributed by atoms with van der Waals surface area (Å²) in [6, 6.07) is 5.22. The van der Waals surface area contributed by atoms with Gasteiger partial charge < -0.3 is 9.84 Å². The van der Waals surface area contributed by atoms with Crippen LogP contribution in [-0.4, -0.2) is 24.1 Å². The van der Waals surface area contributed by atoms with Crippen LogP contribution in [0.4, 0.5) is 8.78 Å². The molecule has 1 aliphatic rings. The summed E-state index contributed by atoms with van der Waals surface area (Å²) >= 11 is 0. The molecular formula is C15H18F2O3. The molecule has 0 aliphatic heterocycles. The van der Waals surface area contributed by atoms with Crippen molar-refractivity contribution in [1.29, 1.82) is 0 Å². The first-order valence-corrected chi connectivity index (χ1v) is 6.57. The zero-order valence-electron chi connectivity index (χ0n) is 11.6. The lowest BCUT2D eigenvalue weighted by Crippen LogP contribution is -2.43. The second kappa shape index (κ2) is 5.04. The SMILES string of the molecule is COc1cc(C)ccc1C1(C(=O)O)CCC(F)(F)CC1. The standard InChI is InChI=1S/C15H18F2O3/c1-10-3-4-11(12(9-10)20-2)14(13(18)19)5-7-15(16,17)8-6-14/h3-4,9H,5-8H2,1-2H3,(H,18,19). The molecular weight excluding hydrogens is 266 g/mol. The Morgan fingerprint density at radius 1 is 1.25 bits per heavy atom. The molecule has 0 unspecified atom stereocenters. The third-order valence-electron chi connectivity index (χ3n) is 4.12. The number of carboxylic acid groups (broad SMARTS) is 1. The second-order valence-electron chi connectivity index (χ2n) is 5.45. The van der Waals surface area contributed by atoms with Gasteiger partial charge in [-0.3, -0.25) is 4.79 Å². The van der Waals surface area contributed by atoms with Gasteiger partial charge >= 0.3 is 5.97 Å². The van der Waals surface area contributed by atoms with Gasteiger partial charge in [-0.2, -0.15) is 0 Å². The fourth-order valence-electron chi connectivity index (χ4n) is 2.83. The smallest absolute Gasteiger partial charge is 0.314 e. The molecule has 0 aromatic heterocycles. The molecule has 0 radical (unpaired) electrons. The predicted molar refractivity (Wildman–Crippen MR) is 70.5 cm³/mol. The topological polar surface area (TPSA) is 46.5 Å². The first-order valence-electron chi connectivity index (χ1n) is 6.57. The molecule has 0 bridgehead atoms. The fraction of sp³-hybridized carbons (Fsp3) is 0.533. The Bertz CT molecular complexity index is 516. The summed E-state index contributed by atoms with van der Waals surface area (Å²) in [4.78, 5) is 11.7. The van der Waals surface area contributed by atoms with E-state index < -0.39 is 30.1 Å². The molecule has 5 heteroatoms. The minimum Gasteiger partial charge on any atom is -0.496 e. The Labute approximate surface area is 116 Å². The number of carboxylic acids is 1. The van der Waals surface area contributed by atoms with Gasteiger partial charge in [0.1, 0.15) is 5.75 Å². The van der Waals surface area contributed by atoms with Crippen molar-refractivity contribution >= 4 is 5.97 Å². The maximum absolute atomic E-state index is 13.3. The Kier molecular flexibility index (Phi) is 3.71. The maximum Gasteiger partial charge on any atom is 0.314 e. The number of rotatable bonds is 3. The number of benzene rings is 1. The molecule has 0 saturated heterocycles. The third kappa shape index (κ3) is 2.49. The van der Waals surface area contributed by atoms with Gasteiger partial charge in [-0.05, 0) is 31.4 Å². The van der Waals surface area contributed by atoms with Gasteiger partial charge in [0, 0.05) is 18.4 Å². The fourth-order valence-corrected chi connectivity index (χ4v) is 2.83. The van der Waals surface area contributed by atoms with E-state index in [0.717, 1.165) is 5.56 Å². The monoisotopic (exact) mass is 284 g/mol. The van der Waals surface area contributed by atoms with Crippen LogP contribution in [0, 0.1) is 6.92 Å². The highest BCUT2D eigenvalue weighted by atomic mass is 19.3. The van der Waals surface area contributed by atoms with Crippen molar-refractivity contribution in [3.05, 3.63) is 29.3 Å². The van der Waals surface area contributed by atoms with Crippen molar-refractivity contribution in [2.24, 2.45) is 0 Å². The largest absolute Gasteiger partial charge is 0.496 e. The van der Waals surface area contributed by atoms with E-state index in [9.17, 15) is 18.7 Å². The van der Waals surface area contributed by atoms with Crippen LogP contribution >= 0.6 is 0 Å². The van der Waals surface area contributed by atoms with E-state index in [0.29, 0.717) is 11.3 Å². The number of aliphatic carboxylic acids is 1. The number of halogens is 2. The number of methoxy groups -OCH3 is 1. The van der Waals surface area contributed by atoms with E-state index in [2.05, 4.69) is 0 Å². The summed E-state index contributed by atoms with van der Waals surface area (Å²) in [6.07, 6.45) is -0.962. The average molecular weight is 284 g/mol. The van der Waals surface area contributed by atoms with Gasteiger partial charge in [-0.25, -0.2) is 8.78 Å². The van der Waals surface area contributed by atoms with Crippen LogP contribution in [0.15, 0.2) is 18.2 Å². The highest BCUT2D eigenvalue weighted by Crippen LogP contribution is 2.48. The number of hydrogen-bond acceptors (Lipinski definition) is 2.